The predicted molar refractivity (Wildman–Crippen MR) is 120 cm³/mol. The van der Waals surface area contributed by atoms with E-state index in [0.717, 1.165) is 23.4 Å². The van der Waals surface area contributed by atoms with E-state index in [1.54, 1.807) is 43.0 Å². The molecule has 0 heterocycles. The predicted octanol–water partition coefficient (Wildman–Crippen LogP) is 3.53. The van der Waals surface area contributed by atoms with Gasteiger partial charge < -0.3 is 10.6 Å². The monoisotopic (exact) mass is 437 g/mol. The molecule has 2 N–H and O–H groups in total. The highest BCUT2D eigenvalue weighted by molar-refractivity contribution is 7.98. The highest BCUT2D eigenvalue weighted by Gasteiger charge is 2.10. The van der Waals surface area contributed by atoms with E-state index < -0.39 is 9.84 Å². The SMILES string of the molecule is CCNC(=NCc1ccc(S(C)(=O)=O)c(C)c1)NCCSCc1ccccc1F. The molecule has 0 atom stereocenters. The highest BCUT2D eigenvalue weighted by Crippen LogP contribution is 2.17. The van der Waals surface area contributed by atoms with Crippen LogP contribution in [0.5, 0.6) is 0 Å². The van der Waals surface area contributed by atoms with Crippen LogP contribution in [-0.4, -0.2) is 39.5 Å². The first-order chi connectivity index (χ1) is 13.8. The molecule has 0 radical (unpaired) electrons. The van der Waals surface area contributed by atoms with Crippen LogP contribution in [0, 0.1) is 12.7 Å². The van der Waals surface area contributed by atoms with Gasteiger partial charge in [-0.2, -0.15) is 11.8 Å². The van der Waals surface area contributed by atoms with Crippen LogP contribution in [0.4, 0.5) is 4.39 Å². The molecule has 158 valence electrons. The summed E-state index contributed by atoms with van der Waals surface area (Å²) in [5.41, 5.74) is 2.38. The van der Waals surface area contributed by atoms with E-state index in [0.29, 0.717) is 35.3 Å². The number of benzene rings is 2. The standard InChI is InChI=1S/C21H28FN3O2S2/c1-4-23-21(24-11-12-28-15-18-7-5-6-8-19(18)22)25-14-17-9-10-20(16(2)13-17)29(3,26)27/h5-10,13H,4,11-12,14-15H2,1-3H3,(H2,23,24,25). The number of hydrogen-bond acceptors (Lipinski definition) is 4. The Morgan fingerprint density at radius 2 is 1.93 bits per heavy atom. The normalized spacial score (nSPS) is 12.1. The molecule has 0 aliphatic carbocycles. The fourth-order valence-electron chi connectivity index (χ4n) is 2.78. The van der Waals surface area contributed by atoms with Crippen LogP contribution in [0.15, 0.2) is 52.4 Å². The van der Waals surface area contributed by atoms with E-state index >= 15 is 0 Å². The van der Waals surface area contributed by atoms with E-state index in [4.69, 9.17) is 0 Å². The third-order valence-corrected chi connectivity index (χ3v) is 6.42. The molecule has 0 saturated heterocycles. The summed E-state index contributed by atoms with van der Waals surface area (Å²) in [5, 5.41) is 6.47. The Morgan fingerprint density at radius 1 is 1.17 bits per heavy atom. The molecular formula is C21H28FN3O2S2. The van der Waals surface area contributed by atoms with E-state index in [-0.39, 0.29) is 5.82 Å². The summed E-state index contributed by atoms with van der Waals surface area (Å²) in [4.78, 5) is 4.91. The molecule has 0 unspecified atom stereocenters. The third kappa shape index (κ3) is 7.70. The average molecular weight is 438 g/mol. The Balaban J connectivity index is 1.86. The van der Waals surface area contributed by atoms with Gasteiger partial charge >= 0.3 is 0 Å². The Labute approximate surface area is 177 Å². The lowest BCUT2D eigenvalue weighted by atomic mass is 10.1. The first-order valence-electron chi connectivity index (χ1n) is 9.44. The van der Waals surface area contributed by atoms with E-state index in [2.05, 4.69) is 15.6 Å². The molecule has 8 heteroatoms. The van der Waals surface area contributed by atoms with E-state index in [1.807, 2.05) is 19.1 Å². The number of nitrogens with zero attached hydrogens (tertiary/aromatic N) is 1. The zero-order valence-electron chi connectivity index (χ0n) is 17.0. The molecule has 0 aliphatic rings. The first kappa shape index (κ1) is 23.2. The minimum atomic E-state index is -3.22. The molecule has 2 aromatic rings. The maximum Gasteiger partial charge on any atom is 0.191 e. The lowest BCUT2D eigenvalue weighted by Crippen LogP contribution is -2.38. The molecule has 0 spiro atoms. The number of halogens is 1. The van der Waals surface area contributed by atoms with Crippen molar-refractivity contribution in [3.63, 3.8) is 0 Å². The summed E-state index contributed by atoms with van der Waals surface area (Å²) in [6.07, 6.45) is 1.21. The van der Waals surface area contributed by atoms with Gasteiger partial charge in [-0.15, -0.1) is 0 Å². The van der Waals surface area contributed by atoms with Crippen molar-refractivity contribution in [3.05, 3.63) is 65.0 Å². The third-order valence-electron chi connectivity index (χ3n) is 4.16. The minimum Gasteiger partial charge on any atom is -0.357 e. The number of aryl methyl sites for hydroxylation is 1. The lowest BCUT2D eigenvalue weighted by Gasteiger charge is -2.12. The molecular weight excluding hydrogens is 409 g/mol. The van der Waals surface area contributed by atoms with Crippen molar-refractivity contribution in [2.45, 2.75) is 31.0 Å². The number of hydrogen-bond donors (Lipinski definition) is 2. The molecule has 2 rings (SSSR count). The maximum atomic E-state index is 13.6. The average Bonchev–Trinajstić information content (AvgIpc) is 2.66. The Hall–Kier alpha value is -2.06. The summed E-state index contributed by atoms with van der Waals surface area (Å²) in [5.74, 6) is 1.98. The smallest absolute Gasteiger partial charge is 0.191 e. The Kier molecular flexibility index (Phi) is 8.98. The molecule has 0 amide bonds. The Bertz CT molecular complexity index is 947. The van der Waals surface area contributed by atoms with Crippen LogP contribution in [0.25, 0.3) is 0 Å². The molecule has 0 saturated carbocycles. The number of rotatable bonds is 9. The van der Waals surface area contributed by atoms with Gasteiger partial charge in [-0.05, 0) is 42.7 Å². The number of sulfone groups is 1. The van der Waals surface area contributed by atoms with Crippen molar-refractivity contribution in [1.82, 2.24) is 10.6 Å². The summed E-state index contributed by atoms with van der Waals surface area (Å²) < 4.78 is 37.1. The maximum absolute atomic E-state index is 13.6. The van der Waals surface area contributed by atoms with Gasteiger partial charge in [-0.1, -0.05) is 30.3 Å². The largest absolute Gasteiger partial charge is 0.357 e. The summed E-state index contributed by atoms with van der Waals surface area (Å²) in [7, 11) is -3.22. The lowest BCUT2D eigenvalue weighted by molar-refractivity contribution is 0.601. The molecule has 0 aliphatic heterocycles. The van der Waals surface area contributed by atoms with Crippen molar-refractivity contribution >= 4 is 27.6 Å². The topological polar surface area (TPSA) is 70.6 Å². The molecule has 0 aromatic heterocycles. The fourth-order valence-corrected chi connectivity index (χ4v) is 4.58. The van der Waals surface area contributed by atoms with Gasteiger partial charge in [0.1, 0.15) is 5.82 Å². The first-order valence-corrected chi connectivity index (χ1v) is 12.5. The Morgan fingerprint density at radius 3 is 2.59 bits per heavy atom. The van der Waals surface area contributed by atoms with Crippen molar-refractivity contribution < 1.29 is 12.8 Å². The van der Waals surface area contributed by atoms with E-state index in [9.17, 15) is 12.8 Å². The van der Waals surface area contributed by atoms with E-state index in [1.165, 1.54) is 12.3 Å². The summed E-state index contributed by atoms with van der Waals surface area (Å²) in [6.45, 7) is 5.68. The zero-order valence-corrected chi connectivity index (χ0v) is 18.7. The van der Waals surface area contributed by atoms with Crippen LogP contribution in [0.2, 0.25) is 0 Å². The van der Waals surface area contributed by atoms with Gasteiger partial charge in [0.2, 0.25) is 0 Å². The van der Waals surface area contributed by atoms with Crippen molar-refractivity contribution in [2.24, 2.45) is 4.99 Å². The second-order valence-electron chi connectivity index (χ2n) is 6.64. The number of nitrogens with one attached hydrogen (secondary N) is 2. The molecule has 0 fully saturated rings. The number of aliphatic imine (C=N–C) groups is 1. The van der Waals surface area contributed by atoms with Gasteiger partial charge in [0.25, 0.3) is 0 Å². The van der Waals surface area contributed by atoms with Crippen LogP contribution in [-0.2, 0) is 22.1 Å². The quantitative estimate of drug-likeness (QED) is 0.357. The highest BCUT2D eigenvalue weighted by atomic mass is 32.2. The number of thioether (sulfide) groups is 1. The van der Waals surface area contributed by atoms with Crippen molar-refractivity contribution in [1.29, 1.82) is 0 Å². The summed E-state index contributed by atoms with van der Waals surface area (Å²) in [6, 6.07) is 12.1. The van der Waals surface area contributed by atoms with Crippen molar-refractivity contribution in [3.8, 4) is 0 Å². The van der Waals surface area contributed by atoms with Crippen LogP contribution in [0.1, 0.15) is 23.6 Å². The molecule has 29 heavy (non-hydrogen) atoms. The van der Waals surface area contributed by atoms with Gasteiger partial charge in [0.05, 0.1) is 11.4 Å². The van der Waals surface area contributed by atoms with Gasteiger partial charge in [0.15, 0.2) is 15.8 Å². The second-order valence-corrected chi connectivity index (χ2v) is 9.73. The van der Waals surface area contributed by atoms with Crippen LogP contribution >= 0.6 is 11.8 Å². The van der Waals surface area contributed by atoms with Crippen LogP contribution in [0.3, 0.4) is 0 Å². The zero-order chi connectivity index (χ0) is 21.3. The molecule has 2 aromatic carbocycles. The van der Waals surface area contributed by atoms with Gasteiger partial charge in [-0.25, -0.2) is 17.8 Å². The van der Waals surface area contributed by atoms with Crippen molar-refractivity contribution in [2.75, 3.05) is 25.1 Å². The van der Waals surface area contributed by atoms with Gasteiger partial charge in [0, 0.05) is 30.9 Å². The fraction of sp³-hybridized carbons (Fsp3) is 0.381. The number of guanidine groups is 1. The van der Waals surface area contributed by atoms with Crippen LogP contribution < -0.4 is 10.6 Å². The van der Waals surface area contributed by atoms with Gasteiger partial charge in [-0.3, -0.25) is 0 Å². The molecule has 5 nitrogen and oxygen atoms in total. The second kappa shape index (κ2) is 11.2. The minimum absolute atomic E-state index is 0.167. The summed E-state index contributed by atoms with van der Waals surface area (Å²) >= 11 is 1.66. The molecule has 0 bridgehead atoms.